The highest BCUT2D eigenvalue weighted by Crippen LogP contribution is 2.26. The molecule has 0 atom stereocenters. The van der Waals surface area contributed by atoms with Crippen molar-refractivity contribution in [1.82, 2.24) is 5.32 Å². The molecule has 3 rings (SSSR count). The van der Waals surface area contributed by atoms with E-state index in [-0.39, 0.29) is 11.8 Å². The molecule has 28 heavy (non-hydrogen) atoms. The fourth-order valence-corrected chi connectivity index (χ4v) is 3.05. The molecule has 0 unspecified atom stereocenters. The molecule has 1 aliphatic rings. The zero-order chi connectivity index (χ0) is 19.9. The highest BCUT2D eigenvalue weighted by molar-refractivity contribution is 6.07. The Labute approximate surface area is 165 Å². The van der Waals surface area contributed by atoms with Crippen LogP contribution in [0.2, 0.25) is 0 Å². The number of rotatable bonds is 6. The Morgan fingerprint density at radius 3 is 2.39 bits per heavy atom. The number of benzene rings is 2. The van der Waals surface area contributed by atoms with Gasteiger partial charge in [0.25, 0.3) is 11.8 Å². The van der Waals surface area contributed by atoms with E-state index in [0.717, 1.165) is 24.5 Å². The Morgan fingerprint density at radius 2 is 1.68 bits per heavy atom. The van der Waals surface area contributed by atoms with Crippen LogP contribution < -0.4 is 15.5 Å². The van der Waals surface area contributed by atoms with Gasteiger partial charge in [0, 0.05) is 30.8 Å². The number of carbonyl (C=O) groups is 2. The van der Waals surface area contributed by atoms with Crippen LogP contribution >= 0.6 is 0 Å². The van der Waals surface area contributed by atoms with Gasteiger partial charge < -0.3 is 20.3 Å². The Morgan fingerprint density at radius 1 is 1.00 bits per heavy atom. The smallest absolute Gasteiger partial charge is 0.255 e. The van der Waals surface area contributed by atoms with E-state index in [1.165, 1.54) is 0 Å². The summed E-state index contributed by atoms with van der Waals surface area (Å²) >= 11 is 0. The third kappa shape index (κ3) is 5.10. The van der Waals surface area contributed by atoms with E-state index in [1.807, 2.05) is 38.1 Å². The van der Waals surface area contributed by atoms with Crippen molar-refractivity contribution in [3.05, 3.63) is 59.7 Å². The lowest BCUT2D eigenvalue weighted by atomic mass is 10.1. The van der Waals surface area contributed by atoms with Crippen molar-refractivity contribution in [3.63, 3.8) is 0 Å². The van der Waals surface area contributed by atoms with Crippen molar-refractivity contribution in [1.29, 1.82) is 0 Å². The normalized spacial score (nSPS) is 14.0. The summed E-state index contributed by atoms with van der Waals surface area (Å²) in [4.78, 5) is 27.3. The average molecular weight is 381 g/mol. The van der Waals surface area contributed by atoms with E-state index in [9.17, 15) is 9.59 Å². The summed E-state index contributed by atoms with van der Waals surface area (Å²) in [5.74, 6) is -0.0385. The number of anilines is 2. The molecule has 2 aromatic rings. The fourth-order valence-electron chi connectivity index (χ4n) is 3.05. The Kier molecular flexibility index (Phi) is 6.66. The minimum Gasteiger partial charge on any atom is -0.378 e. The number of hydrogen-bond acceptors (Lipinski definition) is 4. The molecule has 6 nitrogen and oxygen atoms in total. The van der Waals surface area contributed by atoms with E-state index in [4.69, 9.17) is 4.74 Å². The Bertz CT molecular complexity index is 829. The van der Waals surface area contributed by atoms with E-state index >= 15 is 0 Å². The molecule has 2 aromatic carbocycles. The maximum absolute atomic E-state index is 12.8. The Balaban J connectivity index is 1.73. The van der Waals surface area contributed by atoms with Crippen molar-refractivity contribution >= 4 is 23.2 Å². The molecule has 0 radical (unpaired) electrons. The minimum atomic E-state index is -0.237. The van der Waals surface area contributed by atoms with Gasteiger partial charge in [-0.3, -0.25) is 9.59 Å². The highest BCUT2D eigenvalue weighted by Gasteiger charge is 2.17. The van der Waals surface area contributed by atoms with Crippen LogP contribution in [0, 0.1) is 5.92 Å². The zero-order valence-electron chi connectivity index (χ0n) is 16.4. The first-order chi connectivity index (χ1) is 13.5. The van der Waals surface area contributed by atoms with Crippen molar-refractivity contribution in [2.45, 2.75) is 13.8 Å². The fraction of sp³-hybridized carbons (Fsp3) is 0.364. The quantitative estimate of drug-likeness (QED) is 0.806. The van der Waals surface area contributed by atoms with Crippen LogP contribution in [-0.2, 0) is 4.74 Å². The second-order valence-corrected chi connectivity index (χ2v) is 7.26. The number of para-hydroxylation sites is 2. The summed E-state index contributed by atoms with van der Waals surface area (Å²) in [6.45, 7) is 7.61. The highest BCUT2D eigenvalue weighted by atomic mass is 16.5. The van der Waals surface area contributed by atoms with Crippen LogP contribution in [0.5, 0.6) is 0 Å². The molecule has 0 bridgehead atoms. The molecule has 1 heterocycles. The zero-order valence-corrected chi connectivity index (χ0v) is 16.4. The SMILES string of the molecule is CC(C)CNC(=O)c1cccc(C(=O)Nc2ccccc2N2CCOCC2)c1. The lowest BCUT2D eigenvalue weighted by Gasteiger charge is -2.30. The van der Waals surface area contributed by atoms with Crippen LogP contribution in [0.3, 0.4) is 0 Å². The first-order valence-corrected chi connectivity index (χ1v) is 9.66. The molecule has 6 heteroatoms. The molecular weight excluding hydrogens is 354 g/mol. The largest absolute Gasteiger partial charge is 0.378 e. The molecule has 1 aliphatic heterocycles. The van der Waals surface area contributed by atoms with Crippen LogP contribution in [0.25, 0.3) is 0 Å². The number of nitrogens with zero attached hydrogens (tertiary/aromatic N) is 1. The molecule has 148 valence electrons. The van der Waals surface area contributed by atoms with Gasteiger partial charge in [-0.05, 0) is 36.2 Å². The van der Waals surface area contributed by atoms with E-state index in [1.54, 1.807) is 24.3 Å². The average Bonchev–Trinajstić information content (AvgIpc) is 2.73. The predicted octanol–water partition coefficient (Wildman–Crippen LogP) is 3.16. The molecule has 0 aromatic heterocycles. The maximum Gasteiger partial charge on any atom is 0.255 e. The van der Waals surface area contributed by atoms with Gasteiger partial charge in [-0.25, -0.2) is 0 Å². The monoisotopic (exact) mass is 381 g/mol. The molecule has 2 N–H and O–H groups in total. The van der Waals surface area contributed by atoms with Gasteiger partial charge in [0.1, 0.15) is 0 Å². The van der Waals surface area contributed by atoms with Gasteiger partial charge in [-0.2, -0.15) is 0 Å². The van der Waals surface area contributed by atoms with E-state index in [0.29, 0.717) is 36.8 Å². The summed E-state index contributed by atoms with van der Waals surface area (Å²) in [5.41, 5.74) is 2.66. The number of ether oxygens (including phenoxy) is 1. The second kappa shape index (κ2) is 9.37. The molecule has 0 saturated carbocycles. The van der Waals surface area contributed by atoms with Crippen LogP contribution in [0.15, 0.2) is 48.5 Å². The van der Waals surface area contributed by atoms with E-state index < -0.39 is 0 Å². The summed E-state index contributed by atoms with van der Waals surface area (Å²) in [7, 11) is 0. The molecule has 1 fully saturated rings. The van der Waals surface area contributed by atoms with Crippen molar-refractivity contribution in [3.8, 4) is 0 Å². The van der Waals surface area contributed by atoms with Crippen LogP contribution in [-0.4, -0.2) is 44.7 Å². The molecule has 1 saturated heterocycles. The molecule has 0 spiro atoms. The number of carbonyl (C=O) groups excluding carboxylic acids is 2. The lowest BCUT2D eigenvalue weighted by molar-refractivity contribution is 0.0949. The third-order valence-corrected chi connectivity index (χ3v) is 4.56. The molecule has 2 amide bonds. The topological polar surface area (TPSA) is 70.7 Å². The number of hydrogen-bond donors (Lipinski definition) is 2. The van der Waals surface area contributed by atoms with Gasteiger partial charge in [0.2, 0.25) is 0 Å². The summed E-state index contributed by atoms with van der Waals surface area (Å²) in [5, 5.41) is 5.86. The van der Waals surface area contributed by atoms with Gasteiger partial charge >= 0.3 is 0 Å². The standard InChI is InChI=1S/C22H27N3O3/c1-16(2)15-23-21(26)17-6-5-7-18(14-17)22(27)24-19-8-3-4-9-20(19)25-10-12-28-13-11-25/h3-9,14,16H,10-13,15H2,1-2H3,(H,23,26)(H,24,27). The van der Waals surface area contributed by atoms with Crippen LogP contribution in [0.4, 0.5) is 11.4 Å². The third-order valence-electron chi connectivity index (χ3n) is 4.56. The van der Waals surface area contributed by atoms with Crippen LogP contribution in [0.1, 0.15) is 34.6 Å². The number of nitrogens with one attached hydrogen (secondary N) is 2. The van der Waals surface area contributed by atoms with E-state index in [2.05, 4.69) is 15.5 Å². The minimum absolute atomic E-state index is 0.169. The first kappa shape index (κ1) is 19.9. The maximum atomic E-state index is 12.8. The summed E-state index contributed by atoms with van der Waals surface area (Å²) in [6, 6.07) is 14.5. The van der Waals surface area contributed by atoms with Crippen molar-refractivity contribution in [2.24, 2.45) is 5.92 Å². The van der Waals surface area contributed by atoms with Crippen molar-refractivity contribution in [2.75, 3.05) is 43.1 Å². The first-order valence-electron chi connectivity index (χ1n) is 9.66. The number of amides is 2. The van der Waals surface area contributed by atoms with Crippen molar-refractivity contribution < 1.29 is 14.3 Å². The lowest BCUT2D eigenvalue weighted by Crippen LogP contribution is -2.36. The number of morpholine rings is 1. The summed E-state index contributed by atoms with van der Waals surface area (Å²) in [6.07, 6.45) is 0. The second-order valence-electron chi connectivity index (χ2n) is 7.26. The Hall–Kier alpha value is -2.86. The van der Waals surface area contributed by atoms with Gasteiger partial charge in [0.05, 0.1) is 24.6 Å². The van der Waals surface area contributed by atoms with Gasteiger partial charge in [-0.1, -0.05) is 32.0 Å². The van der Waals surface area contributed by atoms with Gasteiger partial charge in [-0.15, -0.1) is 0 Å². The molecular formula is C22H27N3O3. The summed E-state index contributed by atoms with van der Waals surface area (Å²) < 4.78 is 5.41. The van der Waals surface area contributed by atoms with Gasteiger partial charge in [0.15, 0.2) is 0 Å². The molecule has 0 aliphatic carbocycles. The predicted molar refractivity (Wildman–Crippen MR) is 111 cm³/mol.